The van der Waals surface area contributed by atoms with Crippen molar-refractivity contribution in [2.45, 2.75) is 19.1 Å². The smallest absolute Gasteiger partial charge is 0.747 e. The van der Waals surface area contributed by atoms with Crippen molar-refractivity contribution in [1.82, 2.24) is 0 Å². The number of hydrogen-bond donors (Lipinski definition) is 0. The molecule has 0 N–H and O–H groups in total. The van der Waals surface area contributed by atoms with Gasteiger partial charge >= 0.3 is 37.7 Å². The van der Waals surface area contributed by atoms with Crippen LogP contribution in [-0.4, -0.2) is 73.0 Å². The van der Waals surface area contributed by atoms with Gasteiger partial charge in [-0.1, -0.05) is 78.2 Å². The van der Waals surface area contributed by atoms with Gasteiger partial charge in [0.2, 0.25) is 0 Å². The Kier molecular flexibility index (Phi) is 8.51. The minimum absolute atomic E-state index is 0. The molecule has 0 spiro atoms. The van der Waals surface area contributed by atoms with E-state index >= 15 is 0 Å². The van der Waals surface area contributed by atoms with Gasteiger partial charge in [-0.3, -0.25) is 0 Å². The number of allylic oxidation sites excluding steroid dienone is 2. The largest absolute Gasteiger partial charge is 2.00 e. The van der Waals surface area contributed by atoms with Gasteiger partial charge in [0.25, 0.3) is 0 Å². The Morgan fingerprint density at radius 2 is 1.34 bits per heavy atom. The Balaban J connectivity index is 0.00000300. The zero-order chi connectivity index (χ0) is 20.4. The van der Waals surface area contributed by atoms with Crippen LogP contribution < -0.4 is 0 Å². The minimum atomic E-state index is -5.25. The maximum absolute atomic E-state index is 12.3. The van der Waals surface area contributed by atoms with E-state index < -0.39 is 29.6 Å². The van der Waals surface area contributed by atoms with E-state index in [1.807, 2.05) is 0 Å². The van der Waals surface area contributed by atoms with E-state index in [1.165, 1.54) is 12.2 Å². The third-order valence-corrected chi connectivity index (χ3v) is 9.87. The van der Waals surface area contributed by atoms with Gasteiger partial charge in [0.15, 0.2) is 0 Å². The second-order valence-corrected chi connectivity index (χ2v) is 11.6. The SMILES string of the molecule is O=S(=O)([O-])C1C(Sc2ccccc2)=CC=CC1(Sc1ccccc1)S(=O)(=O)[O-].[Ca+2]. The minimum Gasteiger partial charge on any atom is -0.747 e. The summed E-state index contributed by atoms with van der Waals surface area (Å²) in [5.74, 6) is 0. The van der Waals surface area contributed by atoms with Crippen LogP contribution in [0, 0.1) is 0 Å². The van der Waals surface area contributed by atoms with Crippen LogP contribution in [0.25, 0.3) is 0 Å². The van der Waals surface area contributed by atoms with Gasteiger partial charge in [0.1, 0.15) is 29.6 Å². The molecule has 2 atom stereocenters. The Morgan fingerprint density at radius 1 is 0.828 bits per heavy atom. The molecule has 2 aromatic carbocycles. The third-order valence-electron chi connectivity index (χ3n) is 3.89. The Labute approximate surface area is 208 Å². The van der Waals surface area contributed by atoms with Gasteiger partial charge in [-0.15, -0.1) is 0 Å². The van der Waals surface area contributed by atoms with Gasteiger partial charge in [0, 0.05) is 14.7 Å². The summed E-state index contributed by atoms with van der Waals surface area (Å²) >= 11 is 1.49. The molecule has 2 aromatic rings. The quantitative estimate of drug-likeness (QED) is 0.445. The molecule has 0 amide bonds. The molecule has 0 aromatic heterocycles. The standard InChI is InChI=1S/C18H16O6S4.Ca/c19-27(20,21)17-16(25-14-8-3-1-4-9-14)12-7-13-18(17,28(22,23)24)26-15-10-5-2-6-11-15;/h1-13,17H,(H,19,20,21)(H,22,23,24);/q;+2/p-2. The van der Waals surface area contributed by atoms with Crippen LogP contribution in [-0.2, 0) is 20.2 Å². The van der Waals surface area contributed by atoms with Crippen LogP contribution in [0.4, 0.5) is 0 Å². The molecule has 0 radical (unpaired) electrons. The molecule has 0 fully saturated rings. The van der Waals surface area contributed by atoms with Crippen molar-refractivity contribution in [2.75, 3.05) is 0 Å². The zero-order valence-electron chi connectivity index (χ0n) is 14.9. The molecule has 6 nitrogen and oxygen atoms in total. The van der Waals surface area contributed by atoms with E-state index in [0.717, 1.165) is 17.8 Å². The predicted molar refractivity (Wildman–Crippen MR) is 113 cm³/mol. The van der Waals surface area contributed by atoms with Crippen molar-refractivity contribution >= 4 is 81.5 Å². The molecule has 29 heavy (non-hydrogen) atoms. The van der Waals surface area contributed by atoms with E-state index in [0.29, 0.717) is 21.6 Å². The fourth-order valence-electron chi connectivity index (χ4n) is 2.73. The second kappa shape index (κ2) is 9.88. The maximum atomic E-state index is 12.3. The van der Waals surface area contributed by atoms with Gasteiger partial charge in [-0.05, 0) is 24.3 Å². The van der Waals surface area contributed by atoms with Gasteiger partial charge in [-0.2, -0.15) is 0 Å². The first kappa shape index (κ1) is 25.0. The molecule has 2 unspecified atom stereocenters. The Hall–Kier alpha value is -0.300. The number of benzene rings is 2. The van der Waals surface area contributed by atoms with E-state index in [1.54, 1.807) is 60.7 Å². The fourth-order valence-corrected chi connectivity index (χ4v) is 8.81. The van der Waals surface area contributed by atoms with Crippen LogP contribution >= 0.6 is 23.5 Å². The zero-order valence-corrected chi connectivity index (χ0v) is 20.3. The molecule has 0 aliphatic heterocycles. The van der Waals surface area contributed by atoms with Crippen molar-refractivity contribution < 1.29 is 25.9 Å². The molecule has 0 saturated heterocycles. The second-order valence-electron chi connectivity index (χ2n) is 5.81. The average Bonchev–Trinajstić information content (AvgIpc) is 2.61. The first-order chi connectivity index (χ1) is 13.1. The summed E-state index contributed by atoms with van der Waals surface area (Å²) in [5.41, 5.74) is 0. The normalized spacial score (nSPS) is 21.9. The van der Waals surface area contributed by atoms with Crippen LogP contribution in [0.3, 0.4) is 0 Å². The van der Waals surface area contributed by atoms with Crippen molar-refractivity contribution in [3.63, 3.8) is 0 Å². The topological polar surface area (TPSA) is 114 Å². The molecule has 148 valence electrons. The number of rotatable bonds is 6. The summed E-state index contributed by atoms with van der Waals surface area (Å²) in [6.45, 7) is 0. The van der Waals surface area contributed by atoms with Gasteiger partial charge in [-0.25, -0.2) is 16.8 Å². The fraction of sp³-hybridized carbons (Fsp3) is 0.111. The molecule has 1 aliphatic rings. The first-order valence-electron chi connectivity index (χ1n) is 7.90. The number of thioether (sulfide) groups is 2. The van der Waals surface area contributed by atoms with Crippen LogP contribution in [0.2, 0.25) is 0 Å². The molecule has 11 heteroatoms. The molecule has 3 rings (SSSR count). The van der Waals surface area contributed by atoms with Crippen LogP contribution in [0.15, 0.2) is 93.6 Å². The predicted octanol–water partition coefficient (Wildman–Crippen LogP) is 2.80. The summed E-state index contributed by atoms with van der Waals surface area (Å²) in [5, 5.41) is -2.08. The van der Waals surface area contributed by atoms with Gasteiger partial charge in [0.05, 0.1) is 0 Å². The first-order valence-corrected chi connectivity index (χ1v) is 12.4. The van der Waals surface area contributed by atoms with E-state index in [2.05, 4.69) is 0 Å². The average molecular weight is 495 g/mol. The van der Waals surface area contributed by atoms with E-state index in [-0.39, 0.29) is 42.6 Å². The van der Waals surface area contributed by atoms with Crippen molar-refractivity contribution in [1.29, 1.82) is 0 Å². The monoisotopic (exact) mass is 494 g/mol. The summed E-state index contributed by atoms with van der Waals surface area (Å²) in [7, 11) is -10.4. The molecule has 0 bridgehead atoms. The van der Waals surface area contributed by atoms with Crippen molar-refractivity contribution in [2.24, 2.45) is 0 Å². The Bertz CT molecular complexity index is 1120. The summed E-state index contributed by atoms with van der Waals surface area (Å²) < 4.78 is 70.9. The molecule has 1 aliphatic carbocycles. The van der Waals surface area contributed by atoms with Crippen LogP contribution in [0.1, 0.15) is 0 Å². The summed E-state index contributed by atoms with van der Waals surface area (Å²) in [6, 6.07) is 16.6. The van der Waals surface area contributed by atoms with E-state index in [4.69, 9.17) is 0 Å². The van der Waals surface area contributed by atoms with E-state index in [9.17, 15) is 25.9 Å². The molecule has 0 heterocycles. The van der Waals surface area contributed by atoms with Gasteiger partial charge < -0.3 is 9.11 Å². The summed E-state index contributed by atoms with van der Waals surface area (Å²) in [4.78, 5) is 0.942. The van der Waals surface area contributed by atoms with Crippen LogP contribution in [0.5, 0.6) is 0 Å². The molecule has 0 saturated carbocycles. The number of hydrogen-bond acceptors (Lipinski definition) is 8. The Morgan fingerprint density at radius 3 is 1.83 bits per heavy atom. The van der Waals surface area contributed by atoms with Crippen molar-refractivity contribution in [3.8, 4) is 0 Å². The maximum Gasteiger partial charge on any atom is 2.00 e. The summed E-state index contributed by atoms with van der Waals surface area (Å²) in [6.07, 6.45) is 3.65. The molecular weight excluding hydrogens is 481 g/mol. The third kappa shape index (κ3) is 5.69. The molecular formula is C18H14CaO6S4. The van der Waals surface area contributed by atoms with Crippen molar-refractivity contribution in [3.05, 3.63) is 83.8 Å².